The van der Waals surface area contributed by atoms with Crippen LogP contribution in [0.1, 0.15) is 30.0 Å². The fourth-order valence-corrected chi connectivity index (χ4v) is 2.18. The maximum atomic E-state index is 5.88. The van der Waals surface area contributed by atoms with Gasteiger partial charge in [-0.25, -0.2) is 4.98 Å². The maximum Gasteiger partial charge on any atom is 0.224 e. The van der Waals surface area contributed by atoms with E-state index in [1.165, 1.54) is 18.4 Å². The molecule has 0 amide bonds. The van der Waals surface area contributed by atoms with Crippen molar-refractivity contribution in [2.75, 3.05) is 17.7 Å². The third kappa shape index (κ3) is 3.20. The molecular weight excluding hydrogens is 272 g/mol. The van der Waals surface area contributed by atoms with Crippen molar-refractivity contribution in [2.24, 2.45) is 0 Å². The number of nitrogens with one attached hydrogen (secondary N) is 2. The summed E-state index contributed by atoms with van der Waals surface area (Å²) in [6.07, 6.45) is 2.47. The van der Waals surface area contributed by atoms with Gasteiger partial charge in [0.25, 0.3) is 0 Å². The molecule has 20 heavy (non-hydrogen) atoms. The third-order valence-electron chi connectivity index (χ3n) is 3.35. The van der Waals surface area contributed by atoms with E-state index in [1.807, 2.05) is 31.3 Å². The van der Waals surface area contributed by atoms with Crippen LogP contribution in [0.25, 0.3) is 0 Å². The monoisotopic (exact) mass is 288 g/mol. The van der Waals surface area contributed by atoms with Crippen LogP contribution in [0.2, 0.25) is 5.02 Å². The van der Waals surface area contributed by atoms with Crippen molar-refractivity contribution in [3.8, 4) is 0 Å². The largest absolute Gasteiger partial charge is 0.366 e. The van der Waals surface area contributed by atoms with E-state index >= 15 is 0 Å². The van der Waals surface area contributed by atoms with Crippen molar-refractivity contribution >= 4 is 23.4 Å². The normalized spacial score (nSPS) is 14.1. The van der Waals surface area contributed by atoms with Gasteiger partial charge in [0.1, 0.15) is 5.82 Å². The quantitative estimate of drug-likeness (QED) is 0.881. The van der Waals surface area contributed by atoms with Crippen molar-refractivity contribution in [3.63, 3.8) is 0 Å². The van der Waals surface area contributed by atoms with E-state index < -0.39 is 0 Å². The van der Waals surface area contributed by atoms with Gasteiger partial charge in [0.2, 0.25) is 5.95 Å². The Morgan fingerprint density at radius 1 is 1.20 bits per heavy atom. The Morgan fingerprint density at radius 3 is 2.60 bits per heavy atom. The maximum absolute atomic E-state index is 5.88. The first-order valence-electron chi connectivity index (χ1n) is 6.79. The standard InChI is InChI=1S/C15H17ClN4/c1-17-15-19-13(11-4-5-11)8-14(20-15)18-9-10-2-6-12(16)7-3-10/h2-3,6-8,11H,4-5,9H2,1H3,(H2,17,18,19,20). The number of rotatable bonds is 5. The zero-order valence-electron chi connectivity index (χ0n) is 11.4. The van der Waals surface area contributed by atoms with E-state index in [1.54, 1.807) is 0 Å². The Labute approximate surface area is 123 Å². The zero-order valence-corrected chi connectivity index (χ0v) is 12.1. The number of hydrogen-bond acceptors (Lipinski definition) is 4. The lowest BCUT2D eigenvalue weighted by atomic mass is 10.2. The highest BCUT2D eigenvalue weighted by atomic mass is 35.5. The van der Waals surface area contributed by atoms with E-state index in [0.717, 1.165) is 23.1 Å². The Kier molecular flexibility index (Phi) is 3.74. The molecule has 0 radical (unpaired) electrons. The number of benzene rings is 1. The number of halogens is 1. The van der Waals surface area contributed by atoms with Crippen molar-refractivity contribution in [1.82, 2.24) is 9.97 Å². The smallest absolute Gasteiger partial charge is 0.224 e. The molecule has 1 fully saturated rings. The predicted molar refractivity (Wildman–Crippen MR) is 82.3 cm³/mol. The average molecular weight is 289 g/mol. The Hall–Kier alpha value is -1.81. The van der Waals surface area contributed by atoms with Crippen molar-refractivity contribution < 1.29 is 0 Å². The second-order valence-corrected chi connectivity index (χ2v) is 5.44. The number of aromatic nitrogens is 2. The van der Waals surface area contributed by atoms with Gasteiger partial charge in [-0.3, -0.25) is 0 Å². The van der Waals surface area contributed by atoms with Crippen LogP contribution in [-0.2, 0) is 6.54 Å². The summed E-state index contributed by atoms with van der Waals surface area (Å²) in [5.74, 6) is 2.15. The summed E-state index contributed by atoms with van der Waals surface area (Å²) in [5, 5.41) is 7.11. The van der Waals surface area contributed by atoms with E-state index in [2.05, 4.69) is 26.7 Å². The summed E-state index contributed by atoms with van der Waals surface area (Å²) in [5.41, 5.74) is 2.30. The Balaban J connectivity index is 1.72. The molecule has 104 valence electrons. The van der Waals surface area contributed by atoms with Gasteiger partial charge < -0.3 is 10.6 Å². The molecule has 0 spiro atoms. The summed E-state index contributed by atoms with van der Waals surface area (Å²) in [7, 11) is 1.84. The molecule has 0 saturated heterocycles. The van der Waals surface area contributed by atoms with Gasteiger partial charge in [0, 0.05) is 30.6 Å². The SMILES string of the molecule is CNc1nc(NCc2ccc(Cl)cc2)cc(C2CC2)n1. The van der Waals surface area contributed by atoms with Crippen LogP contribution >= 0.6 is 11.6 Å². The molecule has 1 aromatic carbocycles. The summed E-state index contributed by atoms with van der Waals surface area (Å²) >= 11 is 5.88. The van der Waals surface area contributed by atoms with Crippen LogP contribution in [0.3, 0.4) is 0 Å². The summed E-state index contributed by atoms with van der Waals surface area (Å²) < 4.78 is 0. The fourth-order valence-electron chi connectivity index (χ4n) is 2.05. The molecule has 3 rings (SSSR count). The molecule has 2 N–H and O–H groups in total. The van der Waals surface area contributed by atoms with Crippen LogP contribution in [0.4, 0.5) is 11.8 Å². The number of nitrogens with zero attached hydrogens (tertiary/aromatic N) is 2. The van der Waals surface area contributed by atoms with Gasteiger partial charge >= 0.3 is 0 Å². The lowest BCUT2D eigenvalue weighted by molar-refractivity contribution is 0.979. The van der Waals surface area contributed by atoms with Crippen molar-refractivity contribution in [3.05, 3.63) is 46.6 Å². The Morgan fingerprint density at radius 2 is 1.95 bits per heavy atom. The lowest BCUT2D eigenvalue weighted by Gasteiger charge is -2.09. The average Bonchev–Trinajstić information content (AvgIpc) is 3.31. The van der Waals surface area contributed by atoms with Crippen LogP contribution in [-0.4, -0.2) is 17.0 Å². The molecule has 1 saturated carbocycles. The summed E-state index contributed by atoms with van der Waals surface area (Å²) in [4.78, 5) is 8.94. The van der Waals surface area contributed by atoms with Crippen molar-refractivity contribution in [1.29, 1.82) is 0 Å². The Bertz CT molecular complexity index is 593. The summed E-state index contributed by atoms with van der Waals surface area (Å²) in [6, 6.07) is 9.86. The molecule has 5 heteroatoms. The first-order valence-corrected chi connectivity index (χ1v) is 7.17. The highest BCUT2D eigenvalue weighted by Crippen LogP contribution is 2.39. The minimum absolute atomic E-state index is 0.612. The van der Waals surface area contributed by atoms with Gasteiger partial charge in [0.05, 0.1) is 5.69 Å². The first kappa shape index (κ1) is 13.2. The van der Waals surface area contributed by atoms with E-state index in [9.17, 15) is 0 Å². The topological polar surface area (TPSA) is 49.8 Å². The minimum Gasteiger partial charge on any atom is -0.366 e. The molecule has 0 aliphatic heterocycles. The van der Waals surface area contributed by atoms with Crippen LogP contribution in [0.15, 0.2) is 30.3 Å². The summed E-state index contributed by atoms with van der Waals surface area (Å²) in [6.45, 7) is 0.724. The lowest BCUT2D eigenvalue weighted by Crippen LogP contribution is -2.06. The minimum atomic E-state index is 0.612. The molecule has 4 nitrogen and oxygen atoms in total. The highest BCUT2D eigenvalue weighted by Gasteiger charge is 2.26. The van der Waals surface area contributed by atoms with E-state index in [0.29, 0.717) is 11.9 Å². The van der Waals surface area contributed by atoms with E-state index in [-0.39, 0.29) is 0 Å². The second-order valence-electron chi connectivity index (χ2n) is 5.01. The molecular formula is C15H17ClN4. The second kappa shape index (κ2) is 5.67. The first-order chi connectivity index (χ1) is 9.74. The zero-order chi connectivity index (χ0) is 13.9. The molecule has 0 atom stereocenters. The fraction of sp³-hybridized carbons (Fsp3) is 0.333. The van der Waals surface area contributed by atoms with Gasteiger partial charge in [-0.05, 0) is 30.5 Å². The molecule has 2 aromatic rings. The molecule has 1 aliphatic carbocycles. The van der Waals surface area contributed by atoms with Gasteiger partial charge in [-0.1, -0.05) is 23.7 Å². The molecule has 0 bridgehead atoms. The molecule has 1 aliphatic rings. The van der Waals surface area contributed by atoms with Gasteiger partial charge in [0.15, 0.2) is 0 Å². The predicted octanol–water partition coefficient (Wildman–Crippen LogP) is 3.66. The van der Waals surface area contributed by atoms with Crippen LogP contribution in [0, 0.1) is 0 Å². The third-order valence-corrected chi connectivity index (χ3v) is 3.60. The molecule has 0 unspecified atom stereocenters. The van der Waals surface area contributed by atoms with E-state index in [4.69, 9.17) is 11.6 Å². The van der Waals surface area contributed by atoms with Crippen molar-refractivity contribution in [2.45, 2.75) is 25.3 Å². The molecule has 1 heterocycles. The van der Waals surface area contributed by atoms with Gasteiger partial charge in [-0.2, -0.15) is 4.98 Å². The van der Waals surface area contributed by atoms with Gasteiger partial charge in [-0.15, -0.1) is 0 Å². The number of anilines is 2. The van der Waals surface area contributed by atoms with Crippen LogP contribution < -0.4 is 10.6 Å². The number of hydrogen-bond donors (Lipinski definition) is 2. The van der Waals surface area contributed by atoms with Crippen LogP contribution in [0.5, 0.6) is 0 Å². The highest BCUT2D eigenvalue weighted by molar-refractivity contribution is 6.30. The molecule has 1 aromatic heterocycles.